The van der Waals surface area contributed by atoms with E-state index in [4.69, 9.17) is 9.47 Å². The first kappa shape index (κ1) is 19.4. The number of carbonyl (C=O) groups is 1. The molecule has 4 heteroatoms. The van der Waals surface area contributed by atoms with Gasteiger partial charge < -0.3 is 14.4 Å². The lowest BCUT2D eigenvalue weighted by molar-refractivity contribution is -0.133. The summed E-state index contributed by atoms with van der Waals surface area (Å²) in [5.74, 6) is 0.958. The molecular weight excluding hydrogens is 254 g/mol. The molecule has 0 spiro atoms. The van der Waals surface area contributed by atoms with Gasteiger partial charge in [0.15, 0.2) is 0 Å². The molecule has 0 aromatic heterocycles. The van der Waals surface area contributed by atoms with Crippen molar-refractivity contribution in [3.05, 3.63) is 0 Å². The third-order valence-electron chi connectivity index (χ3n) is 3.35. The molecule has 0 saturated carbocycles. The lowest BCUT2D eigenvalue weighted by Crippen LogP contribution is -2.33. The quantitative estimate of drug-likeness (QED) is 0.518. The van der Waals surface area contributed by atoms with E-state index in [-0.39, 0.29) is 11.8 Å². The van der Waals surface area contributed by atoms with Gasteiger partial charge in [0.1, 0.15) is 0 Å². The van der Waals surface area contributed by atoms with Gasteiger partial charge in [-0.2, -0.15) is 0 Å². The Hall–Kier alpha value is -0.610. The van der Waals surface area contributed by atoms with E-state index in [2.05, 4.69) is 13.8 Å². The first-order valence-electron chi connectivity index (χ1n) is 7.89. The normalized spacial score (nSPS) is 12.7. The molecule has 1 unspecified atom stereocenters. The molecule has 0 saturated heterocycles. The number of amides is 1. The van der Waals surface area contributed by atoms with Crippen molar-refractivity contribution in [1.29, 1.82) is 0 Å². The van der Waals surface area contributed by atoms with E-state index >= 15 is 0 Å². The van der Waals surface area contributed by atoms with Gasteiger partial charge in [-0.05, 0) is 12.3 Å². The topological polar surface area (TPSA) is 38.8 Å². The minimum atomic E-state index is 0.0495. The summed E-state index contributed by atoms with van der Waals surface area (Å²) in [6.45, 7) is 11.6. The smallest absolute Gasteiger partial charge is 0.224 e. The van der Waals surface area contributed by atoms with Gasteiger partial charge >= 0.3 is 0 Å². The minimum Gasteiger partial charge on any atom is -0.379 e. The second-order valence-electron chi connectivity index (χ2n) is 5.82. The highest BCUT2D eigenvalue weighted by Gasteiger charge is 2.11. The Morgan fingerprint density at radius 2 is 1.60 bits per heavy atom. The number of nitrogens with zero attached hydrogens (tertiary/aromatic N) is 1. The number of ether oxygens (including phenoxy) is 2. The lowest BCUT2D eigenvalue weighted by atomic mass is 10.0. The molecule has 0 aromatic rings. The van der Waals surface area contributed by atoms with Crippen molar-refractivity contribution in [3.8, 4) is 0 Å². The SMILES string of the molecule is CCCC(C)CCOCCOCCN(C)C(=O)C(C)C. The molecular formula is C16H33NO3. The highest BCUT2D eigenvalue weighted by atomic mass is 16.5. The fourth-order valence-electron chi connectivity index (χ4n) is 2.00. The van der Waals surface area contributed by atoms with Crippen LogP contribution in [0.5, 0.6) is 0 Å². The summed E-state index contributed by atoms with van der Waals surface area (Å²) in [6, 6.07) is 0. The van der Waals surface area contributed by atoms with Crippen LogP contribution in [0.25, 0.3) is 0 Å². The van der Waals surface area contributed by atoms with Crippen LogP contribution in [0, 0.1) is 11.8 Å². The largest absolute Gasteiger partial charge is 0.379 e. The maximum Gasteiger partial charge on any atom is 0.224 e. The van der Waals surface area contributed by atoms with Crippen molar-refractivity contribution in [2.24, 2.45) is 11.8 Å². The monoisotopic (exact) mass is 287 g/mol. The van der Waals surface area contributed by atoms with E-state index in [9.17, 15) is 4.79 Å². The number of rotatable bonds is 12. The fraction of sp³-hybridized carbons (Fsp3) is 0.938. The fourth-order valence-corrected chi connectivity index (χ4v) is 2.00. The highest BCUT2D eigenvalue weighted by molar-refractivity contribution is 5.77. The summed E-state index contributed by atoms with van der Waals surface area (Å²) in [7, 11) is 1.82. The zero-order valence-corrected chi connectivity index (χ0v) is 14.0. The van der Waals surface area contributed by atoms with Gasteiger partial charge in [0, 0.05) is 26.1 Å². The van der Waals surface area contributed by atoms with E-state index in [0.717, 1.165) is 18.9 Å². The molecule has 4 nitrogen and oxygen atoms in total. The molecule has 0 radical (unpaired) electrons. The molecule has 0 aliphatic carbocycles. The standard InChI is InChI=1S/C16H33NO3/c1-6-7-15(4)8-10-19-12-13-20-11-9-17(5)16(18)14(2)3/h14-15H,6-13H2,1-5H3. The summed E-state index contributed by atoms with van der Waals surface area (Å²) >= 11 is 0. The number of hydrogen-bond donors (Lipinski definition) is 0. The van der Waals surface area contributed by atoms with Gasteiger partial charge in [0.25, 0.3) is 0 Å². The third kappa shape index (κ3) is 10.2. The Morgan fingerprint density at radius 1 is 1.00 bits per heavy atom. The molecule has 0 fully saturated rings. The molecule has 20 heavy (non-hydrogen) atoms. The predicted octanol–water partition coefficient (Wildman–Crippen LogP) is 2.96. The predicted molar refractivity (Wildman–Crippen MR) is 82.8 cm³/mol. The maximum atomic E-state index is 11.6. The van der Waals surface area contributed by atoms with Crippen LogP contribution in [0.3, 0.4) is 0 Å². The zero-order chi connectivity index (χ0) is 15.4. The van der Waals surface area contributed by atoms with Gasteiger partial charge in [0.05, 0.1) is 19.8 Å². The summed E-state index contributed by atoms with van der Waals surface area (Å²) < 4.78 is 11.0. The van der Waals surface area contributed by atoms with Crippen molar-refractivity contribution in [3.63, 3.8) is 0 Å². The summed E-state index contributed by atoms with van der Waals surface area (Å²) in [4.78, 5) is 13.3. The number of likely N-dealkylation sites (N-methyl/N-ethyl adjacent to an activating group) is 1. The Bertz CT molecular complexity index is 244. The number of hydrogen-bond acceptors (Lipinski definition) is 3. The van der Waals surface area contributed by atoms with E-state index in [0.29, 0.717) is 26.4 Å². The first-order valence-corrected chi connectivity index (χ1v) is 7.89. The van der Waals surface area contributed by atoms with E-state index in [1.165, 1.54) is 12.8 Å². The van der Waals surface area contributed by atoms with Crippen LogP contribution in [-0.4, -0.2) is 50.8 Å². The van der Waals surface area contributed by atoms with Crippen LogP contribution < -0.4 is 0 Å². The molecule has 0 rings (SSSR count). The van der Waals surface area contributed by atoms with Crippen LogP contribution in [0.15, 0.2) is 0 Å². The Balaban J connectivity index is 3.35. The van der Waals surface area contributed by atoms with Crippen molar-refractivity contribution in [2.75, 3.05) is 40.0 Å². The minimum absolute atomic E-state index is 0.0495. The van der Waals surface area contributed by atoms with Crippen LogP contribution in [-0.2, 0) is 14.3 Å². The summed E-state index contributed by atoms with van der Waals surface area (Å²) in [5, 5.41) is 0. The third-order valence-corrected chi connectivity index (χ3v) is 3.35. The Morgan fingerprint density at radius 3 is 2.15 bits per heavy atom. The molecule has 0 aromatic carbocycles. The maximum absolute atomic E-state index is 11.6. The molecule has 120 valence electrons. The average Bonchev–Trinajstić information content (AvgIpc) is 2.40. The second-order valence-corrected chi connectivity index (χ2v) is 5.82. The summed E-state index contributed by atoms with van der Waals surface area (Å²) in [6.07, 6.45) is 3.64. The van der Waals surface area contributed by atoms with Gasteiger partial charge in [-0.15, -0.1) is 0 Å². The zero-order valence-electron chi connectivity index (χ0n) is 14.0. The molecule has 0 aliphatic rings. The molecule has 0 bridgehead atoms. The molecule has 1 atom stereocenters. The van der Waals surface area contributed by atoms with E-state index in [1.807, 2.05) is 20.9 Å². The van der Waals surface area contributed by atoms with Gasteiger partial charge in [0.2, 0.25) is 5.91 Å². The van der Waals surface area contributed by atoms with Crippen molar-refractivity contribution in [1.82, 2.24) is 4.90 Å². The molecule has 0 heterocycles. The van der Waals surface area contributed by atoms with E-state index in [1.54, 1.807) is 4.90 Å². The molecule has 0 N–H and O–H groups in total. The first-order chi connectivity index (χ1) is 9.49. The molecule has 1 amide bonds. The van der Waals surface area contributed by atoms with Crippen molar-refractivity contribution >= 4 is 5.91 Å². The lowest BCUT2D eigenvalue weighted by Gasteiger charge is -2.19. The van der Waals surface area contributed by atoms with Crippen molar-refractivity contribution < 1.29 is 14.3 Å². The van der Waals surface area contributed by atoms with Crippen molar-refractivity contribution in [2.45, 2.75) is 47.0 Å². The average molecular weight is 287 g/mol. The Labute approximate surface area is 124 Å². The van der Waals surface area contributed by atoms with Crippen LogP contribution in [0.4, 0.5) is 0 Å². The Kier molecular flexibility index (Phi) is 11.8. The second kappa shape index (κ2) is 12.2. The van der Waals surface area contributed by atoms with E-state index < -0.39 is 0 Å². The van der Waals surface area contributed by atoms with Crippen LogP contribution >= 0.6 is 0 Å². The van der Waals surface area contributed by atoms with Gasteiger partial charge in [-0.3, -0.25) is 4.79 Å². The molecule has 0 aliphatic heterocycles. The van der Waals surface area contributed by atoms with Crippen LogP contribution in [0.1, 0.15) is 47.0 Å². The van der Waals surface area contributed by atoms with Gasteiger partial charge in [-0.1, -0.05) is 40.5 Å². The summed E-state index contributed by atoms with van der Waals surface area (Å²) in [5.41, 5.74) is 0. The number of carbonyl (C=O) groups excluding carboxylic acids is 1. The van der Waals surface area contributed by atoms with Crippen LogP contribution in [0.2, 0.25) is 0 Å². The van der Waals surface area contributed by atoms with Gasteiger partial charge in [-0.25, -0.2) is 0 Å². The highest BCUT2D eigenvalue weighted by Crippen LogP contribution is 2.09.